The molecule has 0 unspecified atom stereocenters. The molecule has 2 aliphatic rings. The minimum atomic E-state index is -0.176. The first kappa shape index (κ1) is 15.0. The number of halogens is 1. The normalized spacial score (nSPS) is 18.3. The fourth-order valence-corrected chi connectivity index (χ4v) is 3.09. The van der Waals surface area contributed by atoms with Crippen LogP contribution in [-0.2, 0) is 4.79 Å². The van der Waals surface area contributed by atoms with Crippen molar-refractivity contribution in [3.05, 3.63) is 22.7 Å². The Kier molecular flexibility index (Phi) is 4.11. The van der Waals surface area contributed by atoms with Gasteiger partial charge in [-0.05, 0) is 25.0 Å². The van der Waals surface area contributed by atoms with Gasteiger partial charge in [0, 0.05) is 26.1 Å². The van der Waals surface area contributed by atoms with Crippen LogP contribution in [0.4, 0.5) is 5.69 Å². The quantitative estimate of drug-likeness (QED) is 0.871. The van der Waals surface area contributed by atoms with E-state index >= 15 is 0 Å². The van der Waals surface area contributed by atoms with Crippen LogP contribution in [0.3, 0.4) is 0 Å². The zero-order valence-electron chi connectivity index (χ0n) is 12.3. The van der Waals surface area contributed by atoms with Crippen molar-refractivity contribution in [3.8, 4) is 5.75 Å². The summed E-state index contributed by atoms with van der Waals surface area (Å²) in [5.41, 5.74) is 1.21. The highest BCUT2D eigenvalue weighted by atomic mass is 35.5. The van der Waals surface area contributed by atoms with Crippen molar-refractivity contribution in [2.75, 3.05) is 25.1 Å². The van der Waals surface area contributed by atoms with Crippen LogP contribution < -0.4 is 15.4 Å². The number of likely N-dealkylation sites (tertiary alicyclic amines) is 1. The van der Waals surface area contributed by atoms with E-state index in [1.165, 1.54) is 0 Å². The highest BCUT2D eigenvalue weighted by molar-refractivity contribution is 6.35. The SMILES string of the molecule is CC(=O)N1CCC(Nc2ccc3c(c2Cl)OCNC3=O)CC1. The molecule has 0 spiro atoms. The van der Waals surface area contributed by atoms with Gasteiger partial charge in [-0.25, -0.2) is 0 Å². The van der Waals surface area contributed by atoms with Gasteiger partial charge < -0.3 is 20.3 Å². The zero-order valence-corrected chi connectivity index (χ0v) is 13.1. The van der Waals surface area contributed by atoms with Crippen molar-refractivity contribution in [1.29, 1.82) is 0 Å². The number of hydrogen-bond donors (Lipinski definition) is 2. The van der Waals surface area contributed by atoms with Gasteiger partial charge in [-0.2, -0.15) is 0 Å². The van der Waals surface area contributed by atoms with Crippen molar-refractivity contribution in [2.45, 2.75) is 25.8 Å². The first-order chi connectivity index (χ1) is 10.6. The van der Waals surface area contributed by atoms with E-state index in [0.29, 0.717) is 16.3 Å². The molecule has 2 N–H and O–H groups in total. The summed E-state index contributed by atoms with van der Waals surface area (Å²) in [6.07, 6.45) is 1.74. The van der Waals surface area contributed by atoms with Gasteiger partial charge in [-0.3, -0.25) is 9.59 Å². The third-order valence-corrected chi connectivity index (χ3v) is 4.47. The maximum Gasteiger partial charge on any atom is 0.257 e. The number of nitrogens with one attached hydrogen (secondary N) is 2. The number of anilines is 1. The summed E-state index contributed by atoms with van der Waals surface area (Å²) in [6.45, 7) is 3.21. The predicted molar refractivity (Wildman–Crippen MR) is 83.3 cm³/mol. The van der Waals surface area contributed by atoms with Crippen molar-refractivity contribution in [3.63, 3.8) is 0 Å². The molecule has 1 aromatic rings. The average molecular weight is 324 g/mol. The van der Waals surface area contributed by atoms with Crippen LogP contribution >= 0.6 is 11.6 Å². The van der Waals surface area contributed by atoms with E-state index in [-0.39, 0.29) is 24.6 Å². The van der Waals surface area contributed by atoms with Gasteiger partial charge in [-0.1, -0.05) is 11.6 Å². The summed E-state index contributed by atoms with van der Waals surface area (Å²) in [5.74, 6) is 0.366. The molecule has 1 fully saturated rings. The molecule has 22 heavy (non-hydrogen) atoms. The molecule has 3 rings (SSSR count). The summed E-state index contributed by atoms with van der Waals surface area (Å²) in [5, 5.41) is 6.43. The summed E-state index contributed by atoms with van der Waals surface area (Å²) in [7, 11) is 0. The van der Waals surface area contributed by atoms with Crippen LogP contribution in [0.1, 0.15) is 30.1 Å². The molecule has 2 aliphatic heterocycles. The third kappa shape index (κ3) is 2.83. The highest BCUT2D eigenvalue weighted by Gasteiger charge is 2.25. The molecule has 0 saturated carbocycles. The number of amides is 2. The molecule has 0 bridgehead atoms. The van der Waals surface area contributed by atoms with E-state index in [4.69, 9.17) is 16.3 Å². The molecular formula is C15H18ClN3O3. The highest BCUT2D eigenvalue weighted by Crippen LogP contribution is 2.37. The van der Waals surface area contributed by atoms with E-state index in [2.05, 4.69) is 10.6 Å². The number of piperidine rings is 1. The lowest BCUT2D eigenvalue weighted by molar-refractivity contribution is -0.129. The molecule has 2 amide bonds. The molecule has 0 aromatic heterocycles. The number of benzene rings is 1. The van der Waals surface area contributed by atoms with E-state index in [1.807, 2.05) is 4.90 Å². The van der Waals surface area contributed by atoms with Crippen LogP contribution in [-0.4, -0.2) is 42.6 Å². The van der Waals surface area contributed by atoms with Crippen molar-refractivity contribution in [2.24, 2.45) is 0 Å². The summed E-state index contributed by atoms with van der Waals surface area (Å²) in [6, 6.07) is 3.76. The summed E-state index contributed by atoms with van der Waals surface area (Å²) in [4.78, 5) is 24.9. The molecule has 0 atom stereocenters. The van der Waals surface area contributed by atoms with Gasteiger partial charge in [0.2, 0.25) is 5.91 Å². The van der Waals surface area contributed by atoms with Crippen molar-refractivity contribution >= 4 is 29.1 Å². The topological polar surface area (TPSA) is 70.7 Å². The second-order valence-electron chi connectivity index (χ2n) is 5.52. The standard InChI is InChI=1S/C15H18ClN3O3/c1-9(20)19-6-4-10(5-7-19)18-12-3-2-11-14(13(12)16)22-8-17-15(11)21/h2-3,10,18H,4-8H2,1H3,(H,17,21). The fraction of sp³-hybridized carbons (Fsp3) is 0.467. The first-order valence-corrected chi connectivity index (χ1v) is 7.69. The summed E-state index contributed by atoms with van der Waals surface area (Å²) >= 11 is 6.36. The molecule has 118 valence electrons. The Hall–Kier alpha value is -1.95. The molecule has 6 nitrogen and oxygen atoms in total. The Bertz CT molecular complexity index is 612. The van der Waals surface area contributed by atoms with Gasteiger partial charge in [0.1, 0.15) is 5.02 Å². The number of carbonyl (C=O) groups is 2. The van der Waals surface area contributed by atoms with Gasteiger partial charge >= 0.3 is 0 Å². The Morgan fingerprint density at radius 1 is 1.41 bits per heavy atom. The number of carbonyl (C=O) groups excluding carboxylic acids is 2. The van der Waals surface area contributed by atoms with Crippen molar-refractivity contribution < 1.29 is 14.3 Å². The lowest BCUT2D eigenvalue weighted by Crippen LogP contribution is -2.41. The molecule has 0 radical (unpaired) electrons. The largest absolute Gasteiger partial charge is 0.471 e. The molecule has 1 saturated heterocycles. The second-order valence-corrected chi connectivity index (χ2v) is 5.90. The van der Waals surface area contributed by atoms with E-state index < -0.39 is 0 Å². The maximum atomic E-state index is 11.7. The third-order valence-electron chi connectivity index (χ3n) is 4.09. The van der Waals surface area contributed by atoms with Crippen LogP contribution in [0.5, 0.6) is 5.75 Å². The lowest BCUT2D eigenvalue weighted by Gasteiger charge is -2.32. The molecule has 0 aliphatic carbocycles. The number of hydrogen-bond acceptors (Lipinski definition) is 4. The monoisotopic (exact) mass is 323 g/mol. The van der Waals surface area contributed by atoms with Gasteiger partial charge in [0.25, 0.3) is 5.91 Å². The molecular weight excluding hydrogens is 306 g/mol. The van der Waals surface area contributed by atoms with Crippen LogP contribution in [0, 0.1) is 0 Å². The lowest BCUT2D eigenvalue weighted by atomic mass is 10.0. The Morgan fingerprint density at radius 3 is 2.82 bits per heavy atom. The smallest absolute Gasteiger partial charge is 0.257 e. The van der Waals surface area contributed by atoms with Crippen LogP contribution in [0.2, 0.25) is 5.02 Å². The molecule has 2 heterocycles. The molecule has 1 aromatic carbocycles. The Balaban J connectivity index is 1.71. The Morgan fingerprint density at radius 2 is 2.14 bits per heavy atom. The predicted octanol–water partition coefficient (Wildman–Crippen LogP) is 1.84. The van der Waals surface area contributed by atoms with Crippen LogP contribution in [0.15, 0.2) is 12.1 Å². The Labute approximate surface area is 133 Å². The zero-order chi connectivity index (χ0) is 15.7. The van der Waals surface area contributed by atoms with Gasteiger partial charge in [-0.15, -0.1) is 0 Å². The second kappa shape index (κ2) is 6.04. The maximum absolute atomic E-state index is 11.7. The van der Waals surface area contributed by atoms with Crippen LogP contribution in [0.25, 0.3) is 0 Å². The van der Waals surface area contributed by atoms with E-state index in [1.54, 1.807) is 19.1 Å². The fourth-order valence-electron chi connectivity index (χ4n) is 2.82. The van der Waals surface area contributed by atoms with E-state index in [0.717, 1.165) is 31.6 Å². The van der Waals surface area contributed by atoms with E-state index in [9.17, 15) is 9.59 Å². The summed E-state index contributed by atoms with van der Waals surface area (Å²) < 4.78 is 5.45. The number of fused-ring (bicyclic) bond motifs is 1. The van der Waals surface area contributed by atoms with Gasteiger partial charge in [0.05, 0.1) is 11.3 Å². The average Bonchev–Trinajstić information content (AvgIpc) is 2.51. The first-order valence-electron chi connectivity index (χ1n) is 7.32. The van der Waals surface area contributed by atoms with Crippen molar-refractivity contribution in [1.82, 2.24) is 10.2 Å². The molecule has 7 heteroatoms. The number of ether oxygens (including phenoxy) is 1. The number of nitrogens with zero attached hydrogens (tertiary/aromatic N) is 1. The minimum absolute atomic E-state index is 0.115. The number of rotatable bonds is 2. The minimum Gasteiger partial charge on any atom is -0.471 e. The van der Waals surface area contributed by atoms with Gasteiger partial charge in [0.15, 0.2) is 12.5 Å².